The van der Waals surface area contributed by atoms with Crippen LogP contribution in [0, 0.1) is 32.4 Å². The lowest BCUT2D eigenvalue weighted by Gasteiger charge is -2.17. The van der Waals surface area contributed by atoms with Crippen molar-refractivity contribution in [3.8, 4) is 51.3 Å². The number of esters is 2. The molecule has 0 saturated heterocycles. The molecule has 0 N–H and O–H groups in total. The van der Waals surface area contributed by atoms with Gasteiger partial charge in [0.05, 0.1) is 54.7 Å². The van der Waals surface area contributed by atoms with Crippen LogP contribution >= 0.6 is 0 Å². The highest BCUT2D eigenvalue weighted by molar-refractivity contribution is 5.93. The Kier molecular flexibility index (Phi) is 30.8. The molecule has 2 aromatic heterocycles. The van der Waals surface area contributed by atoms with E-state index in [9.17, 15) is 9.59 Å². The largest absolute Gasteiger partial charge is 0.493 e. The summed E-state index contributed by atoms with van der Waals surface area (Å²) in [7, 11) is 0. The number of hydrogen-bond donors (Lipinski definition) is 0. The zero-order valence-corrected chi connectivity index (χ0v) is 49.8. The molecule has 0 atom stereocenters. The fourth-order valence-electron chi connectivity index (χ4n) is 10.2. The predicted molar refractivity (Wildman–Crippen MR) is 322 cm³/mol. The van der Waals surface area contributed by atoms with E-state index in [1.54, 1.807) is 24.3 Å². The maximum atomic E-state index is 15.4. The molecule has 0 unspecified atom stereocenters. The highest BCUT2D eigenvalue weighted by atomic mass is 19.1. The molecule has 5 aromatic rings. The minimum absolute atomic E-state index is 0.0199. The third-order valence-corrected chi connectivity index (χ3v) is 14.9. The Bertz CT molecular complexity index is 2540. The number of hydrogen-bond acceptors (Lipinski definition) is 9. The van der Waals surface area contributed by atoms with Crippen molar-refractivity contribution >= 4 is 11.9 Å². The summed E-state index contributed by atoms with van der Waals surface area (Å²) in [5.41, 5.74) is 3.57. The number of aryl methyl sites for hydroxylation is 3. The van der Waals surface area contributed by atoms with Crippen molar-refractivity contribution in [2.24, 2.45) is 0 Å². The molecule has 0 spiro atoms. The summed E-state index contributed by atoms with van der Waals surface area (Å²) in [6, 6.07) is 15.1. The zero-order chi connectivity index (χ0) is 57.2. The van der Waals surface area contributed by atoms with Crippen LogP contribution in [0.5, 0.6) is 28.7 Å². The van der Waals surface area contributed by atoms with E-state index < -0.39 is 23.6 Å². The Labute approximate surface area is 479 Å². The lowest BCUT2D eigenvalue weighted by molar-refractivity contribution is 0.0724. The van der Waals surface area contributed by atoms with Crippen LogP contribution in [0.25, 0.3) is 22.5 Å². The lowest BCUT2D eigenvalue weighted by Crippen LogP contribution is -2.11. The number of benzene rings is 3. The first-order valence-electron chi connectivity index (χ1n) is 31.0. The van der Waals surface area contributed by atoms with Crippen LogP contribution < -0.4 is 23.7 Å². The second-order valence-corrected chi connectivity index (χ2v) is 22.0. The van der Waals surface area contributed by atoms with E-state index in [0.29, 0.717) is 42.4 Å². The van der Waals surface area contributed by atoms with E-state index in [0.717, 1.165) is 67.0 Å². The van der Waals surface area contributed by atoms with Crippen LogP contribution in [0.2, 0.25) is 0 Å². The molecule has 9 nitrogen and oxygen atoms in total. The quantitative estimate of drug-likeness (QED) is 0.0279. The molecular weight excluding hydrogens is 1010 g/mol. The smallest absolute Gasteiger partial charge is 0.343 e. The predicted octanol–water partition coefficient (Wildman–Crippen LogP) is 20.4. The van der Waals surface area contributed by atoms with Crippen molar-refractivity contribution in [2.75, 3.05) is 19.8 Å². The molecular formula is C69H96F2N2O7. The van der Waals surface area contributed by atoms with Gasteiger partial charge < -0.3 is 23.7 Å². The average molecular weight is 1100 g/mol. The van der Waals surface area contributed by atoms with Gasteiger partial charge in [-0.1, -0.05) is 194 Å². The van der Waals surface area contributed by atoms with Crippen LogP contribution in [-0.4, -0.2) is 41.7 Å². The van der Waals surface area contributed by atoms with E-state index >= 15 is 8.78 Å². The minimum atomic E-state index is -0.828. The van der Waals surface area contributed by atoms with Gasteiger partial charge in [-0.2, -0.15) is 0 Å². The number of nitrogens with zero attached hydrogens (tertiary/aromatic N) is 2. The second kappa shape index (κ2) is 38.0. The molecule has 0 radical (unpaired) electrons. The Balaban J connectivity index is 1.15. The van der Waals surface area contributed by atoms with Crippen LogP contribution in [0.4, 0.5) is 8.78 Å². The van der Waals surface area contributed by atoms with Crippen molar-refractivity contribution in [1.29, 1.82) is 0 Å². The number of unbranched alkanes of at least 4 members (excludes halogenated alkanes) is 27. The minimum Gasteiger partial charge on any atom is -0.493 e. The van der Waals surface area contributed by atoms with E-state index in [1.165, 1.54) is 197 Å². The standard InChI is InChI=1S/C69H96F2N2O7/c1-7-10-13-16-19-22-25-28-31-34-41-76-65-47-56(46-54(6)67(65)78-43-36-33-30-27-24-21-18-15-12-9-3)69(75)80-58-38-40-64(73-51-58)60-48-59(61(70)49-62(60)71)63-39-37-57(50-72-63)79-68(74)55-44-52(4)66(53(5)45-55)77-42-35-32-29-26-23-20-17-14-11-8-2/h37-40,44-51H,7-36,41-43H2,1-6H3. The van der Waals surface area contributed by atoms with Gasteiger partial charge in [0.1, 0.15) is 28.9 Å². The van der Waals surface area contributed by atoms with Crippen molar-refractivity contribution in [1.82, 2.24) is 9.97 Å². The van der Waals surface area contributed by atoms with Gasteiger partial charge in [-0.3, -0.25) is 9.97 Å². The number of ether oxygens (including phenoxy) is 5. The van der Waals surface area contributed by atoms with Gasteiger partial charge >= 0.3 is 11.9 Å². The number of rotatable bonds is 42. The number of aromatic nitrogens is 2. The molecule has 11 heteroatoms. The van der Waals surface area contributed by atoms with E-state index in [1.807, 2.05) is 20.8 Å². The molecule has 0 fully saturated rings. The Morgan fingerprint density at radius 1 is 0.388 bits per heavy atom. The number of carbonyl (C=O) groups excluding carboxylic acids is 2. The fraction of sp³-hybridized carbons (Fsp3) is 0.565. The molecule has 0 amide bonds. The van der Waals surface area contributed by atoms with Gasteiger partial charge in [-0.15, -0.1) is 0 Å². The van der Waals surface area contributed by atoms with Crippen LogP contribution in [0.15, 0.2) is 73.1 Å². The molecule has 5 rings (SSSR count). The number of halogens is 2. The first-order chi connectivity index (χ1) is 39.0. The number of carbonyl (C=O) groups is 2. The lowest BCUT2D eigenvalue weighted by atomic mass is 10.0. The molecule has 0 saturated carbocycles. The van der Waals surface area contributed by atoms with E-state index in [2.05, 4.69) is 30.7 Å². The maximum absolute atomic E-state index is 15.4. The van der Waals surface area contributed by atoms with Crippen LogP contribution in [-0.2, 0) is 0 Å². The van der Waals surface area contributed by atoms with Crippen molar-refractivity contribution < 1.29 is 42.1 Å². The van der Waals surface area contributed by atoms with Crippen molar-refractivity contribution in [3.05, 3.63) is 113 Å². The van der Waals surface area contributed by atoms with Crippen LogP contribution in [0.3, 0.4) is 0 Å². The molecule has 0 aliphatic rings. The first-order valence-corrected chi connectivity index (χ1v) is 31.0. The van der Waals surface area contributed by atoms with Gasteiger partial charge in [0.15, 0.2) is 11.5 Å². The average Bonchev–Trinajstić information content (AvgIpc) is 3.45. The highest BCUT2D eigenvalue weighted by Gasteiger charge is 2.20. The Morgan fingerprint density at radius 2 is 0.713 bits per heavy atom. The first kappa shape index (κ1) is 65.0. The Morgan fingerprint density at radius 3 is 1.07 bits per heavy atom. The summed E-state index contributed by atoms with van der Waals surface area (Å²) in [6.07, 6.45) is 39.8. The zero-order valence-electron chi connectivity index (χ0n) is 49.8. The molecule has 3 aromatic carbocycles. The van der Waals surface area contributed by atoms with Crippen LogP contribution in [0.1, 0.15) is 251 Å². The maximum Gasteiger partial charge on any atom is 0.343 e. The second-order valence-electron chi connectivity index (χ2n) is 22.0. The Hall–Kier alpha value is -5.84. The summed E-state index contributed by atoms with van der Waals surface area (Å²) < 4.78 is 61.2. The molecule has 2 heterocycles. The summed E-state index contributed by atoms with van der Waals surface area (Å²) in [5.74, 6) is -0.569. The van der Waals surface area contributed by atoms with E-state index in [-0.39, 0.29) is 34.0 Å². The monoisotopic (exact) mass is 1100 g/mol. The van der Waals surface area contributed by atoms with E-state index in [4.69, 9.17) is 23.7 Å². The molecule has 438 valence electrons. The summed E-state index contributed by atoms with van der Waals surface area (Å²) in [6.45, 7) is 14.2. The SMILES string of the molecule is CCCCCCCCCCCCOc1cc(C(=O)Oc2ccc(-c3cc(-c4ccc(OC(=O)c5cc(C)c(OCCCCCCCCCCCC)c(C)c5)cn4)c(F)cc3F)nc2)cc(C)c1OCCCCCCCCCCCC. The molecule has 80 heavy (non-hydrogen) atoms. The number of pyridine rings is 2. The van der Waals surface area contributed by atoms with Gasteiger partial charge in [-0.25, -0.2) is 18.4 Å². The topological polar surface area (TPSA) is 106 Å². The van der Waals surface area contributed by atoms with Crippen molar-refractivity contribution in [3.63, 3.8) is 0 Å². The summed E-state index contributed by atoms with van der Waals surface area (Å²) >= 11 is 0. The normalized spacial score (nSPS) is 11.2. The third-order valence-electron chi connectivity index (χ3n) is 14.9. The summed E-state index contributed by atoms with van der Waals surface area (Å²) in [5, 5.41) is 0. The highest BCUT2D eigenvalue weighted by Crippen LogP contribution is 2.35. The fourth-order valence-corrected chi connectivity index (χ4v) is 10.2. The van der Waals surface area contributed by atoms with Gasteiger partial charge in [0, 0.05) is 17.2 Å². The van der Waals surface area contributed by atoms with Gasteiger partial charge in [0.2, 0.25) is 0 Å². The molecule has 0 aliphatic heterocycles. The molecule has 0 bridgehead atoms. The third kappa shape index (κ3) is 23.3. The summed E-state index contributed by atoms with van der Waals surface area (Å²) in [4.78, 5) is 35.8. The van der Waals surface area contributed by atoms with Crippen molar-refractivity contribution in [2.45, 2.75) is 234 Å². The molecule has 0 aliphatic carbocycles. The van der Waals surface area contributed by atoms with Gasteiger partial charge in [0.25, 0.3) is 0 Å². The van der Waals surface area contributed by atoms with Gasteiger partial charge in [-0.05, 0) is 111 Å².